The summed E-state index contributed by atoms with van der Waals surface area (Å²) in [5.74, 6) is -0.348. The van der Waals surface area contributed by atoms with Gasteiger partial charge in [-0.3, -0.25) is 10.2 Å². The molecule has 16 heavy (non-hydrogen) atoms. The number of hydrogen-bond acceptors (Lipinski definition) is 3. The van der Waals surface area contributed by atoms with Crippen molar-refractivity contribution in [2.45, 2.75) is 19.0 Å². The monoisotopic (exact) mass is 223 g/mol. The Morgan fingerprint density at radius 3 is 2.81 bits per heavy atom. The summed E-state index contributed by atoms with van der Waals surface area (Å²) in [5, 5.41) is 2.84. The molecule has 1 heterocycles. The summed E-state index contributed by atoms with van der Waals surface area (Å²) in [6, 6.07) is 5.96. The molecule has 0 bridgehead atoms. The Morgan fingerprint density at radius 1 is 1.44 bits per heavy atom. The first kappa shape index (κ1) is 11.0. The fraction of sp³-hybridized carbons (Fsp3) is 0.364. The lowest BCUT2D eigenvalue weighted by atomic mass is 10.1. The van der Waals surface area contributed by atoms with Gasteiger partial charge in [-0.1, -0.05) is 12.1 Å². The van der Waals surface area contributed by atoms with E-state index < -0.39 is 0 Å². The van der Waals surface area contributed by atoms with E-state index in [2.05, 4.69) is 16.2 Å². The van der Waals surface area contributed by atoms with E-state index >= 15 is 0 Å². The third-order valence-corrected chi connectivity index (χ3v) is 2.45. The van der Waals surface area contributed by atoms with Gasteiger partial charge < -0.3 is 5.32 Å². The second kappa shape index (κ2) is 5.05. The van der Waals surface area contributed by atoms with Crippen molar-refractivity contribution in [3.05, 3.63) is 35.6 Å². The number of rotatable bonds is 3. The molecule has 0 aromatic heterocycles. The zero-order valence-electron chi connectivity index (χ0n) is 8.79. The third-order valence-electron chi connectivity index (χ3n) is 2.45. The molecular formula is C11H14FN3O. The average Bonchev–Trinajstić information content (AvgIpc) is 2.74. The van der Waals surface area contributed by atoms with Gasteiger partial charge in [0.15, 0.2) is 0 Å². The van der Waals surface area contributed by atoms with Crippen LogP contribution in [0.15, 0.2) is 24.3 Å². The van der Waals surface area contributed by atoms with Crippen LogP contribution in [0.1, 0.15) is 12.0 Å². The first-order valence-corrected chi connectivity index (χ1v) is 5.26. The van der Waals surface area contributed by atoms with Crippen molar-refractivity contribution in [2.75, 3.05) is 6.54 Å². The van der Waals surface area contributed by atoms with E-state index in [1.165, 1.54) is 12.1 Å². The van der Waals surface area contributed by atoms with Gasteiger partial charge in [0.05, 0.1) is 12.6 Å². The molecule has 1 unspecified atom stereocenters. The Kier molecular flexibility index (Phi) is 3.48. The predicted molar refractivity (Wildman–Crippen MR) is 57.8 cm³/mol. The number of amides is 1. The van der Waals surface area contributed by atoms with Crippen molar-refractivity contribution in [2.24, 2.45) is 0 Å². The number of benzene rings is 1. The van der Waals surface area contributed by atoms with E-state index in [1.54, 1.807) is 12.1 Å². The molecule has 1 saturated heterocycles. The van der Waals surface area contributed by atoms with E-state index in [0.29, 0.717) is 0 Å². The number of carbonyl (C=O) groups is 1. The molecule has 1 aromatic carbocycles. The summed E-state index contributed by atoms with van der Waals surface area (Å²) in [4.78, 5) is 11.6. The molecule has 1 amide bonds. The van der Waals surface area contributed by atoms with Crippen LogP contribution in [0.25, 0.3) is 0 Å². The minimum atomic E-state index is -0.286. The number of nitrogens with one attached hydrogen (secondary N) is 3. The van der Waals surface area contributed by atoms with Crippen molar-refractivity contribution in [3.63, 3.8) is 0 Å². The molecule has 1 fully saturated rings. The van der Waals surface area contributed by atoms with Crippen molar-refractivity contribution in [3.8, 4) is 0 Å². The van der Waals surface area contributed by atoms with Gasteiger partial charge in [0.25, 0.3) is 0 Å². The van der Waals surface area contributed by atoms with E-state index in [4.69, 9.17) is 0 Å². The Labute approximate surface area is 93.2 Å². The highest BCUT2D eigenvalue weighted by atomic mass is 19.1. The first-order chi connectivity index (χ1) is 7.74. The summed E-state index contributed by atoms with van der Waals surface area (Å²) in [7, 11) is 0. The maximum absolute atomic E-state index is 12.6. The molecule has 1 aromatic rings. The molecule has 2 rings (SSSR count). The largest absolute Gasteiger partial charge is 0.339 e. The quantitative estimate of drug-likeness (QED) is 0.691. The van der Waals surface area contributed by atoms with Crippen LogP contribution in [0.2, 0.25) is 0 Å². The van der Waals surface area contributed by atoms with Gasteiger partial charge in [-0.05, 0) is 24.1 Å². The normalized spacial score (nSPS) is 19.7. The summed E-state index contributed by atoms with van der Waals surface area (Å²) < 4.78 is 12.6. The Balaban J connectivity index is 1.84. The lowest BCUT2D eigenvalue weighted by Gasteiger charge is -2.11. The molecule has 1 aliphatic heterocycles. The van der Waals surface area contributed by atoms with Crippen molar-refractivity contribution < 1.29 is 9.18 Å². The van der Waals surface area contributed by atoms with Crippen molar-refractivity contribution in [1.29, 1.82) is 0 Å². The molecule has 0 aliphatic carbocycles. The highest BCUT2D eigenvalue weighted by molar-refractivity contribution is 5.78. The lowest BCUT2D eigenvalue weighted by Crippen LogP contribution is -2.44. The molecule has 5 heteroatoms. The van der Waals surface area contributed by atoms with E-state index in [1.807, 2.05) is 0 Å². The maximum atomic E-state index is 12.6. The van der Waals surface area contributed by atoms with Gasteiger partial charge in [0.1, 0.15) is 5.82 Å². The summed E-state index contributed by atoms with van der Waals surface area (Å²) in [5.41, 5.74) is 6.69. The smallest absolute Gasteiger partial charge is 0.225 e. The topological polar surface area (TPSA) is 53.2 Å². The number of hydrazine groups is 1. The van der Waals surface area contributed by atoms with Crippen molar-refractivity contribution >= 4 is 5.91 Å². The fourth-order valence-corrected chi connectivity index (χ4v) is 1.63. The molecular weight excluding hydrogens is 209 g/mol. The highest BCUT2D eigenvalue weighted by Gasteiger charge is 2.15. The number of carbonyl (C=O) groups excluding carboxylic acids is 1. The van der Waals surface area contributed by atoms with Gasteiger partial charge in [0.2, 0.25) is 5.91 Å². The van der Waals surface area contributed by atoms with Crippen LogP contribution in [-0.4, -0.2) is 18.6 Å². The van der Waals surface area contributed by atoms with Gasteiger partial charge in [-0.2, -0.15) is 0 Å². The summed E-state index contributed by atoms with van der Waals surface area (Å²) in [6.45, 7) is 0.849. The molecule has 4 nitrogen and oxygen atoms in total. The summed E-state index contributed by atoms with van der Waals surface area (Å²) in [6.07, 6.45) is 1.14. The van der Waals surface area contributed by atoms with Crippen LogP contribution in [0, 0.1) is 5.82 Å². The molecule has 1 aliphatic rings. The standard InChI is InChI=1S/C11H14FN3O/c12-9-3-1-8(2-4-9)7-11(16)14-10-5-6-13-15-10/h1-4,10,13,15H,5-7H2,(H,14,16). The first-order valence-electron chi connectivity index (χ1n) is 5.26. The third kappa shape index (κ3) is 3.01. The van der Waals surface area contributed by atoms with E-state index in [0.717, 1.165) is 18.5 Å². The predicted octanol–water partition coefficient (Wildman–Crippen LogP) is 0.308. The summed E-state index contributed by atoms with van der Waals surface area (Å²) >= 11 is 0. The van der Waals surface area contributed by atoms with Crippen LogP contribution in [-0.2, 0) is 11.2 Å². The molecule has 0 saturated carbocycles. The van der Waals surface area contributed by atoms with E-state index in [9.17, 15) is 9.18 Å². The molecule has 1 atom stereocenters. The molecule has 0 spiro atoms. The van der Waals surface area contributed by atoms with Crippen LogP contribution < -0.4 is 16.2 Å². The lowest BCUT2D eigenvalue weighted by molar-refractivity contribution is -0.121. The van der Waals surface area contributed by atoms with Crippen LogP contribution >= 0.6 is 0 Å². The van der Waals surface area contributed by atoms with Gasteiger partial charge in [-0.15, -0.1) is 0 Å². The van der Waals surface area contributed by atoms with Gasteiger partial charge >= 0.3 is 0 Å². The fourth-order valence-electron chi connectivity index (χ4n) is 1.63. The number of hydrogen-bond donors (Lipinski definition) is 3. The Morgan fingerprint density at radius 2 is 2.19 bits per heavy atom. The van der Waals surface area contributed by atoms with Gasteiger partial charge in [-0.25, -0.2) is 9.82 Å². The second-order valence-corrected chi connectivity index (χ2v) is 3.78. The Bertz CT molecular complexity index is 360. The van der Waals surface area contributed by atoms with Crippen LogP contribution in [0.4, 0.5) is 4.39 Å². The van der Waals surface area contributed by atoms with Crippen LogP contribution in [0.5, 0.6) is 0 Å². The molecule has 86 valence electrons. The highest BCUT2D eigenvalue weighted by Crippen LogP contribution is 2.03. The zero-order valence-corrected chi connectivity index (χ0v) is 8.79. The van der Waals surface area contributed by atoms with E-state index in [-0.39, 0.29) is 24.3 Å². The average molecular weight is 223 g/mol. The Hall–Kier alpha value is -1.46. The SMILES string of the molecule is O=C(Cc1ccc(F)cc1)NC1CCNN1. The minimum absolute atomic E-state index is 0.00653. The molecule has 3 N–H and O–H groups in total. The molecule has 0 radical (unpaired) electrons. The minimum Gasteiger partial charge on any atom is -0.339 e. The van der Waals surface area contributed by atoms with Gasteiger partial charge in [0, 0.05) is 6.54 Å². The van der Waals surface area contributed by atoms with Crippen molar-refractivity contribution in [1.82, 2.24) is 16.2 Å². The number of halogens is 1. The van der Waals surface area contributed by atoms with Crippen LogP contribution in [0.3, 0.4) is 0 Å². The maximum Gasteiger partial charge on any atom is 0.225 e. The second-order valence-electron chi connectivity index (χ2n) is 3.78. The zero-order chi connectivity index (χ0) is 11.4.